The molecule has 1 heteroatoms. The average Bonchev–Trinajstić information content (AvgIpc) is 2.39. The summed E-state index contributed by atoms with van der Waals surface area (Å²) in [6.07, 6.45) is 0. The normalized spacial score (nSPS) is 15.0. The lowest BCUT2D eigenvalue weighted by Crippen LogP contribution is -2.34. The van der Waals surface area contributed by atoms with E-state index in [-0.39, 0.29) is 5.41 Å². The number of rotatable bonds is 2. The Balaban J connectivity index is 2.37. The molecule has 0 saturated carbocycles. The second-order valence-corrected chi connectivity index (χ2v) is 6.40. The lowest BCUT2D eigenvalue weighted by molar-refractivity contribution is 0.582. The molecule has 0 fully saturated rings. The highest BCUT2D eigenvalue weighted by Crippen LogP contribution is 2.29. The van der Waals surface area contributed by atoms with E-state index in [0.717, 1.165) is 11.1 Å². The Morgan fingerprint density at radius 1 is 0.632 bits per heavy atom. The smallest absolute Gasteiger partial charge is 0.0636 e. The second kappa shape index (κ2) is 4.82. The first-order valence-electron chi connectivity index (χ1n) is 6.77. The molecule has 100 valence electrons. The number of hydrogen-bond donors (Lipinski definition) is 1. The number of benzene rings is 2. The third kappa shape index (κ3) is 2.87. The van der Waals surface area contributed by atoms with Crippen molar-refractivity contribution in [2.75, 3.05) is 0 Å². The van der Waals surface area contributed by atoms with Gasteiger partial charge in [-0.05, 0) is 29.0 Å². The highest BCUT2D eigenvalue weighted by Gasteiger charge is 2.24. The van der Waals surface area contributed by atoms with Crippen LogP contribution in [0.1, 0.15) is 44.4 Å². The summed E-state index contributed by atoms with van der Waals surface area (Å²) in [7, 11) is 0. The maximum atomic E-state index is 6.52. The lowest BCUT2D eigenvalue weighted by Gasteiger charge is -2.27. The fraction of sp³-hybridized carbons (Fsp3) is 0.333. The topological polar surface area (TPSA) is 26.0 Å². The summed E-state index contributed by atoms with van der Waals surface area (Å²) in [5, 5.41) is 0. The zero-order valence-electron chi connectivity index (χ0n) is 12.3. The predicted octanol–water partition coefficient (Wildman–Crippen LogP) is 4.21. The summed E-state index contributed by atoms with van der Waals surface area (Å²) < 4.78 is 0. The van der Waals surface area contributed by atoms with Gasteiger partial charge >= 0.3 is 0 Å². The van der Waals surface area contributed by atoms with Crippen molar-refractivity contribution in [3.63, 3.8) is 0 Å². The molecule has 2 N–H and O–H groups in total. The van der Waals surface area contributed by atoms with E-state index in [1.54, 1.807) is 0 Å². The van der Waals surface area contributed by atoms with Crippen LogP contribution >= 0.6 is 0 Å². The van der Waals surface area contributed by atoms with Gasteiger partial charge in [0.05, 0.1) is 5.54 Å². The number of nitrogens with two attached hydrogens (primary N) is 1. The first-order valence-corrected chi connectivity index (χ1v) is 6.77. The minimum atomic E-state index is -0.447. The molecule has 2 aromatic carbocycles. The van der Waals surface area contributed by atoms with Crippen LogP contribution in [-0.4, -0.2) is 0 Å². The van der Waals surface area contributed by atoms with Crippen molar-refractivity contribution in [1.82, 2.24) is 0 Å². The maximum Gasteiger partial charge on any atom is 0.0636 e. The largest absolute Gasteiger partial charge is 0.318 e. The van der Waals surface area contributed by atoms with Crippen LogP contribution in [0.3, 0.4) is 0 Å². The molecule has 1 nitrogen and oxygen atoms in total. The Kier molecular flexibility index (Phi) is 3.51. The van der Waals surface area contributed by atoms with Crippen molar-refractivity contribution in [3.8, 4) is 0 Å². The standard InChI is InChI=1S/C18H23N/c1-17(2,3)14-10-12-16(13-11-14)18(4,19)15-8-6-5-7-9-15/h5-13H,19H2,1-4H3. The van der Waals surface area contributed by atoms with E-state index in [0.29, 0.717) is 0 Å². The first-order chi connectivity index (χ1) is 8.82. The molecular weight excluding hydrogens is 230 g/mol. The van der Waals surface area contributed by atoms with Gasteiger partial charge in [-0.3, -0.25) is 0 Å². The van der Waals surface area contributed by atoms with Gasteiger partial charge in [0, 0.05) is 0 Å². The Bertz CT molecular complexity index is 530. The summed E-state index contributed by atoms with van der Waals surface area (Å²) in [4.78, 5) is 0. The molecule has 0 heterocycles. The van der Waals surface area contributed by atoms with Crippen molar-refractivity contribution < 1.29 is 0 Å². The summed E-state index contributed by atoms with van der Waals surface area (Å²) in [5.74, 6) is 0. The van der Waals surface area contributed by atoms with Crippen LogP contribution in [0.4, 0.5) is 0 Å². The average molecular weight is 253 g/mol. The van der Waals surface area contributed by atoms with E-state index in [9.17, 15) is 0 Å². The van der Waals surface area contributed by atoms with Gasteiger partial charge in [0.15, 0.2) is 0 Å². The molecule has 0 saturated heterocycles. The van der Waals surface area contributed by atoms with Crippen molar-refractivity contribution in [1.29, 1.82) is 0 Å². The molecule has 1 unspecified atom stereocenters. The molecule has 0 bridgehead atoms. The Morgan fingerprint density at radius 3 is 1.53 bits per heavy atom. The van der Waals surface area contributed by atoms with Gasteiger partial charge in [-0.2, -0.15) is 0 Å². The van der Waals surface area contributed by atoms with E-state index in [4.69, 9.17) is 5.73 Å². The van der Waals surface area contributed by atoms with Crippen LogP contribution in [0.5, 0.6) is 0 Å². The molecule has 2 aromatic rings. The van der Waals surface area contributed by atoms with E-state index < -0.39 is 5.54 Å². The zero-order chi connectivity index (χ0) is 14.1. The Morgan fingerprint density at radius 2 is 1.05 bits per heavy atom. The van der Waals surface area contributed by atoms with Crippen LogP contribution in [0, 0.1) is 0 Å². The fourth-order valence-electron chi connectivity index (χ4n) is 2.27. The Hall–Kier alpha value is -1.60. The molecule has 0 aromatic heterocycles. The minimum Gasteiger partial charge on any atom is -0.318 e. The first kappa shape index (κ1) is 13.8. The van der Waals surface area contributed by atoms with Gasteiger partial charge in [-0.25, -0.2) is 0 Å². The lowest BCUT2D eigenvalue weighted by atomic mass is 9.82. The van der Waals surface area contributed by atoms with E-state index in [1.807, 2.05) is 18.2 Å². The molecule has 0 spiro atoms. The zero-order valence-corrected chi connectivity index (χ0v) is 12.3. The van der Waals surface area contributed by atoms with Gasteiger partial charge < -0.3 is 5.73 Å². The maximum absolute atomic E-state index is 6.52. The van der Waals surface area contributed by atoms with Crippen molar-refractivity contribution in [2.45, 2.75) is 38.6 Å². The van der Waals surface area contributed by atoms with E-state index >= 15 is 0 Å². The summed E-state index contributed by atoms with van der Waals surface area (Å²) in [6.45, 7) is 8.73. The highest BCUT2D eigenvalue weighted by molar-refractivity contribution is 5.39. The third-order valence-corrected chi connectivity index (χ3v) is 3.72. The van der Waals surface area contributed by atoms with Gasteiger partial charge in [0.2, 0.25) is 0 Å². The van der Waals surface area contributed by atoms with Crippen molar-refractivity contribution in [2.24, 2.45) is 5.73 Å². The summed E-state index contributed by atoms with van der Waals surface area (Å²) in [5.41, 5.74) is 9.86. The molecule has 0 aliphatic carbocycles. The molecule has 0 aliphatic heterocycles. The highest BCUT2D eigenvalue weighted by atomic mass is 14.7. The molecule has 19 heavy (non-hydrogen) atoms. The minimum absolute atomic E-state index is 0.177. The van der Waals surface area contributed by atoms with Crippen LogP contribution in [0.2, 0.25) is 0 Å². The molecular formula is C18H23N. The molecule has 2 rings (SSSR count). The van der Waals surface area contributed by atoms with E-state index in [2.05, 4.69) is 64.1 Å². The summed E-state index contributed by atoms with van der Waals surface area (Å²) in [6, 6.07) is 18.9. The predicted molar refractivity (Wildman–Crippen MR) is 82.2 cm³/mol. The summed E-state index contributed by atoms with van der Waals surface area (Å²) >= 11 is 0. The Labute approximate surface area is 116 Å². The van der Waals surface area contributed by atoms with Gasteiger partial charge in [0.1, 0.15) is 0 Å². The molecule has 0 aliphatic rings. The van der Waals surface area contributed by atoms with Gasteiger partial charge in [-0.1, -0.05) is 75.4 Å². The SMILES string of the molecule is CC(C)(C)c1ccc(C(C)(N)c2ccccc2)cc1. The van der Waals surface area contributed by atoms with E-state index in [1.165, 1.54) is 5.56 Å². The monoisotopic (exact) mass is 253 g/mol. The second-order valence-electron chi connectivity index (χ2n) is 6.40. The molecule has 0 radical (unpaired) electrons. The van der Waals surface area contributed by atoms with Crippen LogP contribution < -0.4 is 5.73 Å². The molecule has 0 amide bonds. The van der Waals surface area contributed by atoms with Crippen molar-refractivity contribution >= 4 is 0 Å². The van der Waals surface area contributed by atoms with Crippen LogP contribution in [0.25, 0.3) is 0 Å². The fourth-order valence-corrected chi connectivity index (χ4v) is 2.27. The quantitative estimate of drug-likeness (QED) is 0.852. The van der Waals surface area contributed by atoms with Crippen LogP contribution in [0.15, 0.2) is 54.6 Å². The number of hydrogen-bond acceptors (Lipinski definition) is 1. The third-order valence-electron chi connectivity index (χ3n) is 3.72. The van der Waals surface area contributed by atoms with Gasteiger partial charge in [0.25, 0.3) is 0 Å². The van der Waals surface area contributed by atoms with Gasteiger partial charge in [-0.15, -0.1) is 0 Å². The van der Waals surface area contributed by atoms with Crippen LogP contribution in [-0.2, 0) is 11.0 Å². The van der Waals surface area contributed by atoms with Crippen molar-refractivity contribution in [3.05, 3.63) is 71.3 Å². The molecule has 1 atom stereocenters.